The van der Waals surface area contributed by atoms with Gasteiger partial charge in [0.2, 0.25) is 0 Å². The molecule has 0 unspecified atom stereocenters. The summed E-state index contributed by atoms with van der Waals surface area (Å²) in [6, 6.07) is 15.0. The molecule has 22 heavy (non-hydrogen) atoms. The molecule has 0 saturated heterocycles. The number of hydrogen-bond acceptors (Lipinski definition) is 3. The van der Waals surface area contributed by atoms with Crippen molar-refractivity contribution >= 4 is 11.6 Å². The maximum Gasteiger partial charge on any atom is 0.250 e. The molecule has 4 heteroatoms. The quantitative estimate of drug-likeness (QED) is 0.782. The van der Waals surface area contributed by atoms with Gasteiger partial charge in [0, 0.05) is 11.3 Å². The van der Waals surface area contributed by atoms with Gasteiger partial charge in [-0.25, -0.2) is 0 Å². The van der Waals surface area contributed by atoms with E-state index in [0.29, 0.717) is 11.5 Å². The minimum Gasteiger partial charge on any atom is -0.464 e. The minimum atomic E-state index is -1.07. The first kappa shape index (κ1) is 13.0. The van der Waals surface area contributed by atoms with Crippen LogP contribution in [0.3, 0.4) is 0 Å². The molecule has 0 fully saturated rings. The molecule has 0 saturated carbocycles. The van der Waals surface area contributed by atoms with Gasteiger partial charge in [-0.15, -0.1) is 0 Å². The van der Waals surface area contributed by atoms with E-state index in [1.807, 2.05) is 62.4 Å². The van der Waals surface area contributed by atoms with E-state index in [9.17, 15) is 4.79 Å². The lowest BCUT2D eigenvalue weighted by Crippen LogP contribution is -2.36. The minimum absolute atomic E-state index is 0.155. The maximum atomic E-state index is 12.9. The Morgan fingerprint density at radius 3 is 2.00 bits per heavy atom. The molecule has 1 aliphatic rings. The largest absolute Gasteiger partial charge is 0.464 e. The number of hydrogen-bond donors (Lipinski definition) is 1. The molecule has 0 radical (unpaired) electrons. The normalized spacial score (nSPS) is 15.6. The van der Waals surface area contributed by atoms with Crippen molar-refractivity contribution in [3.8, 4) is 0 Å². The number of anilines is 1. The van der Waals surface area contributed by atoms with Gasteiger partial charge in [0.25, 0.3) is 5.91 Å². The summed E-state index contributed by atoms with van der Waals surface area (Å²) in [5.41, 5.74) is 0.568. The molecule has 1 aromatic carbocycles. The average molecular weight is 293 g/mol. The molecule has 110 valence electrons. The van der Waals surface area contributed by atoms with Crippen LogP contribution in [0.15, 0.2) is 57.4 Å². The van der Waals surface area contributed by atoms with Gasteiger partial charge in [-0.2, -0.15) is 0 Å². The van der Waals surface area contributed by atoms with Crippen molar-refractivity contribution in [3.63, 3.8) is 0 Å². The molecule has 1 N–H and O–H groups in total. The van der Waals surface area contributed by atoms with Crippen molar-refractivity contribution in [2.75, 3.05) is 5.32 Å². The fourth-order valence-corrected chi connectivity index (χ4v) is 3.14. The third kappa shape index (κ3) is 1.55. The Morgan fingerprint density at radius 2 is 1.45 bits per heavy atom. The predicted octanol–water partition coefficient (Wildman–Crippen LogP) is 3.78. The Hall–Kier alpha value is -2.75. The number of rotatable bonds is 2. The number of amides is 1. The summed E-state index contributed by atoms with van der Waals surface area (Å²) in [5, 5.41) is 2.94. The Morgan fingerprint density at radius 1 is 0.864 bits per heavy atom. The summed E-state index contributed by atoms with van der Waals surface area (Å²) in [7, 11) is 0. The highest BCUT2D eigenvalue weighted by atomic mass is 16.4. The standard InChI is InChI=1S/C18H15NO3/c1-11-7-9-15(21-11)18(16-10-8-12(2)22-16)13-5-3-4-6-14(13)19-17(18)20/h3-10H,1-2H3,(H,19,20). The van der Waals surface area contributed by atoms with E-state index in [-0.39, 0.29) is 5.91 Å². The van der Waals surface area contributed by atoms with Gasteiger partial charge in [-0.3, -0.25) is 4.79 Å². The molecule has 0 atom stereocenters. The first-order chi connectivity index (χ1) is 10.6. The van der Waals surface area contributed by atoms with Gasteiger partial charge in [-0.1, -0.05) is 18.2 Å². The van der Waals surface area contributed by atoms with Gasteiger partial charge in [-0.05, 0) is 44.2 Å². The molecule has 1 aliphatic heterocycles. The molecule has 0 bridgehead atoms. The van der Waals surface area contributed by atoms with E-state index in [1.165, 1.54) is 0 Å². The highest BCUT2D eigenvalue weighted by molar-refractivity contribution is 6.10. The Bertz CT molecular complexity index is 832. The van der Waals surface area contributed by atoms with Crippen LogP contribution in [0.2, 0.25) is 0 Å². The molecule has 2 aromatic heterocycles. The van der Waals surface area contributed by atoms with E-state index in [4.69, 9.17) is 8.83 Å². The molecule has 4 rings (SSSR count). The van der Waals surface area contributed by atoms with Gasteiger partial charge >= 0.3 is 0 Å². The van der Waals surface area contributed by atoms with Crippen molar-refractivity contribution in [1.82, 2.24) is 0 Å². The molecule has 0 spiro atoms. The highest BCUT2D eigenvalue weighted by Crippen LogP contribution is 2.48. The van der Waals surface area contributed by atoms with Crippen LogP contribution in [0.4, 0.5) is 5.69 Å². The SMILES string of the molecule is Cc1ccc(C2(c3ccc(C)o3)C(=O)Nc3ccccc32)o1. The first-order valence-electron chi connectivity index (χ1n) is 7.17. The van der Waals surface area contributed by atoms with Crippen LogP contribution in [-0.2, 0) is 10.2 Å². The summed E-state index contributed by atoms with van der Waals surface area (Å²) in [6.45, 7) is 3.73. The van der Waals surface area contributed by atoms with Crippen LogP contribution < -0.4 is 5.32 Å². The number of fused-ring (bicyclic) bond motifs is 1. The van der Waals surface area contributed by atoms with Crippen molar-refractivity contribution in [2.45, 2.75) is 19.3 Å². The van der Waals surface area contributed by atoms with Crippen LogP contribution in [0.25, 0.3) is 0 Å². The molecule has 4 nitrogen and oxygen atoms in total. The number of benzene rings is 1. The predicted molar refractivity (Wildman–Crippen MR) is 81.8 cm³/mol. The Labute approximate surface area is 127 Å². The zero-order valence-electron chi connectivity index (χ0n) is 12.3. The van der Waals surface area contributed by atoms with Gasteiger partial charge in [0.05, 0.1) is 0 Å². The lowest BCUT2D eigenvalue weighted by Gasteiger charge is -2.23. The number of carbonyl (C=O) groups is 1. The zero-order chi connectivity index (χ0) is 15.3. The van der Waals surface area contributed by atoms with Crippen molar-refractivity contribution in [1.29, 1.82) is 0 Å². The van der Waals surface area contributed by atoms with E-state index < -0.39 is 5.41 Å². The summed E-state index contributed by atoms with van der Waals surface area (Å²) in [4.78, 5) is 12.9. The fourth-order valence-electron chi connectivity index (χ4n) is 3.14. The third-order valence-electron chi connectivity index (χ3n) is 4.14. The number of carbonyl (C=O) groups excluding carboxylic acids is 1. The molecular formula is C18H15NO3. The second-order valence-corrected chi connectivity index (χ2v) is 5.57. The molecule has 1 amide bonds. The van der Waals surface area contributed by atoms with E-state index in [2.05, 4.69) is 5.32 Å². The van der Waals surface area contributed by atoms with Crippen LogP contribution in [-0.4, -0.2) is 5.91 Å². The topological polar surface area (TPSA) is 55.4 Å². The molecule has 0 aliphatic carbocycles. The Kier molecular flexibility index (Phi) is 2.57. The maximum absolute atomic E-state index is 12.9. The first-order valence-corrected chi connectivity index (χ1v) is 7.17. The average Bonchev–Trinajstić information content (AvgIpc) is 3.17. The fraction of sp³-hybridized carbons (Fsp3) is 0.167. The summed E-state index contributed by atoms with van der Waals surface area (Å²) in [5.74, 6) is 2.51. The van der Waals surface area contributed by atoms with Crippen molar-refractivity contribution < 1.29 is 13.6 Å². The number of nitrogens with one attached hydrogen (secondary N) is 1. The number of furan rings is 2. The van der Waals surface area contributed by atoms with E-state index in [1.54, 1.807) is 0 Å². The van der Waals surface area contributed by atoms with Crippen molar-refractivity contribution in [3.05, 3.63) is 77.1 Å². The zero-order valence-corrected chi connectivity index (χ0v) is 12.3. The third-order valence-corrected chi connectivity index (χ3v) is 4.14. The van der Waals surface area contributed by atoms with Gasteiger partial charge in [0.15, 0.2) is 5.41 Å². The second-order valence-electron chi connectivity index (χ2n) is 5.57. The Balaban J connectivity index is 2.08. The van der Waals surface area contributed by atoms with Gasteiger partial charge < -0.3 is 14.2 Å². The monoisotopic (exact) mass is 293 g/mol. The van der Waals surface area contributed by atoms with Crippen molar-refractivity contribution in [2.24, 2.45) is 0 Å². The van der Waals surface area contributed by atoms with Crippen LogP contribution >= 0.6 is 0 Å². The smallest absolute Gasteiger partial charge is 0.250 e. The van der Waals surface area contributed by atoms with Gasteiger partial charge in [0.1, 0.15) is 23.0 Å². The van der Waals surface area contributed by atoms with Crippen LogP contribution in [0, 0.1) is 13.8 Å². The van der Waals surface area contributed by atoms with E-state index in [0.717, 1.165) is 22.8 Å². The number of para-hydroxylation sites is 1. The van der Waals surface area contributed by atoms with E-state index >= 15 is 0 Å². The molecule has 3 aromatic rings. The van der Waals surface area contributed by atoms with Crippen LogP contribution in [0.1, 0.15) is 28.6 Å². The summed E-state index contributed by atoms with van der Waals surface area (Å²) in [6.07, 6.45) is 0. The lowest BCUT2D eigenvalue weighted by atomic mass is 9.77. The second kappa shape index (κ2) is 4.37. The highest BCUT2D eigenvalue weighted by Gasteiger charge is 2.54. The number of aryl methyl sites for hydroxylation is 2. The van der Waals surface area contributed by atoms with Crippen LogP contribution in [0.5, 0.6) is 0 Å². The summed E-state index contributed by atoms with van der Waals surface area (Å²) < 4.78 is 11.7. The lowest BCUT2D eigenvalue weighted by molar-refractivity contribution is -0.119. The molecular weight excluding hydrogens is 278 g/mol. The summed E-state index contributed by atoms with van der Waals surface area (Å²) >= 11 is 0. The molecule has 3 heterocycles.